The Morgan fingerprint density at radius 2 is 1.52 bits per heavy atom. The summed E-state index contributed by atoms with van der Waals surface area (Å²) in [5.74, 6) is 1.77. The Kier molecular flexibility index (Phi) is 3.72. The molecule has 0 spiro atoms. The van der Waals surface area contributed by atoms with E-state index in [1.165, 1.54) is 11.1 Å². The fourth-order valence-corrected chi connectivity index (χ4v) is 3.66. The van der Waals surface area contributed by atoms with Gasteiger partial charge in [-0.25, -0.2) is 0 Å². The minimum absolute atomic E-state index is 0.571. The zero-order valence-corrected chi connectivity index (χ0v) is 15.1. The first kappa shape index (κ1) is 15.8. The van der Waals surface area contributed by atoms with E-state index in [1.807, 2.05) is 30.3 Å². The number of hydrogen-bond acceptors (Lipinski definition) is 2. The average molecular weight is 353 g/mol. The van der Waals surface area contributed by atoms with Crippen molar-refractivity contribution >= 4 is 16.6 Å². The van der Waals surface area contributed by atoms with Crippen LogP contribution in [0.3, 0.4) is 0 Å². The molecule has 0 radical (unpaired) electrons. The standard InChI is InChI=1S/C24H19NO2/c1-26-23-15-20-9-5-8-19-14-22(24(23)25(19)20)18-10-12-21(13-11-18)27-16-17-6-3-2-4-7-17/h2-15H,16H2,1H3. The van der Waals surface area contributed by atoms with Gasteiger partial charge in [0, 0.05) is 17.1 Å². The second-order valence-corrected chi connectivity index (χ2v) is 6.63. The molecule has 3 aromatic heterocycles. The Bertz CT molecular complexity index is 1190. The highest BCUT2D eigenvalue weighted by Crippen LogP contribution is 2.38. The molecule has 5 aromatic rings. The zero-order chi connectivity index (χ0) is 18.2. The van der Waals surface area contributed by atoms with Gasteiger partial charge in [0.1, 0.15) is 18.1 Å². The molecule has 5 rings (SSSR count). The maximum Gasteiger partial charge on any atom is 0.145 e. The first-order valence-corrected chi connectivity index (χ1v) is 9.01. The molecule has 3 heteroatoms. The van der Waals surface area contributed by atoms with E-state index >= 15 is 0 Å². The van der Waals surface area contributed by atoms with Gasteiger partial charge in [0.2, 0.25) is 0 Å². The predicted molar refractivity (Wildman–Crippen MR) is 109 cm³/mol. The topological polar surface area (TPSA) is 22.9 Å². The molecule has 0 amide bonds. The van der Waals surface area contributed by atoms with E-state index in [0.717, 1.165) is 33.7 Å². The Morgan fingerprint density at radius 1 is 0.778 bits per heavy atom. The van der Waals surface area contributed by atoms with E-state index in [4.69, 9.17) is 9.47 Å². The molecule has 0 aliphatic heterocycles. The molecular weight excluding hydrogens is 334 g/mol. The first-order chi connectivity index (χ1) is 13.3. The molecule has 2 aromatic carbocycles. The molecule has 132 valence electrons. The molecule has 0 fully saturated rings. The van der Waals surface area contributed by atoms with Crippen LogP contribution < -0.4 is 9.47 Å². The van der Waals surface area contributed by atoms with Crippen molar-refractivity contribution in [1.82, 2.24) is 4.40 Å². The van der Waals surface area contributed by atoms with Gasteiger partial charge >= 0.3 is 0 Å². The molecule has 0 unspecified atom stereocenters. The van der Waals surface area contributed by atoms with Gasteiger partial charge in [0.05, 0.1) is 18.1 Å². The van der Waals surface area contributed by atoms with Gasteiger partial charge in [-0.15, -0.1) is 0 Å². The lowest BCUT2D eigenvalue weighted by Crippen LogP contribution is -1.94. The van der Waals surface area contributed by atoms with Gasteiger partial charge < -0.3 is 13.9 Å². The lowest BCUT2D eigenvalue weighted by atomic mass is 10.1. The van der Waals surface area contributed by atoms with E-state index in [2.05, 4.69) is 59.0 Å². The van der Waals surface area contributed by atoms with Crippen molar-refractivity contribution in [2.45, 2.75) is 6.61 Å². The third-order valence-electron chi connectivity index (χ3n) is 4.97. The Labute approximate surface area is 157 Å². The second kappa shape index (κ2) is 6.36. The van der Waals surface area contributed by atoms with Crippen LogP contribution in [0, 0.1) is 0 Å². The molecule has 0 saturated carbocycles. The lowest BCUT2D eigenvalue weighted by molar-refractivity contribution is 0.306. The van der Waals surface area contributed by atoms with Crippen LogP contribution in [0.1, 0.15) is 5.56 Å². The van der Waals surface area contributed by atoms with Gasteiger partial charge in [-0.3, -0.25) is 0 Å². The number of pyridine rings is 1. The summed E-state index contributed by atoms with van der Waals surface area (Å²) >= 11 is 0. The number of hydrogen-bond donors (Lipinski definition) is 0. The summed E-state index contributed by atoms with van der Waals surface area (Å²) in [7, 11) is 1.72. The van der Waals surface area contributed by atoms with Gasteiger partial charge in [-0.1, -0.05) is 48.5 Å². The van der Waals surface area contributed by atoms with Crippen LogP contribution >= 0.6 is 0 Å². The van der Waals surface area contributed by atoms with Crippen molar-refractivity contribution in [3.05, 3.63) is 90.5 Å². The third-order valence-corrected chi connectivity index (χ3v) is 4.97. The Morgan fingerprint density at radius 3 is 2.26 bits per heavy atom. The van der Waals surface area contributed by atoms with Crippen LogP contribution in [0.4, 0.5) is 0 Å². The largest absolute Gasteiger partial charge is 0.494 e. The van der Waals surface area contributed by atoms with Crippen molar-refractivity contribution in [2.24, 2.45) is 0 Å². The Balaban J connectivity index is 1.48. The number of nitrogens with zero attached hydrogens (tertiary/aromatic N) is 1. The molecule has 3 nitrogen and oxygen atoms in total. The number of ether oxygens (including phenoxy) is 2. The van der Waals surface area contributed by atoms with Crippen LogP contribution in [-0.2, 0) is 6.61 Å². The van der Waals surface area contributed by atoms with E-state index < -0.39 is 0 Å². The quantitative estimate of drug-likeness (QED) is 0.399. The average Bonchev–Trinajstić information content (AvgIpc) is 3.30. The molecule has 27 heavy (non-hydrogen) atoms. The summed E-state index contributed by atoms with van der Waals surface area (Å²) in [6.45, 7) is 0.571. The zero-order valence-electron chi connectivity index (χ0n) is 15.1. The monoisotopic (exact) mass is 353 g/mol. The molecule has 0 bridgehead atoms. The summed E-state index contributed by atoms with van der Waals surface area (Å²) in [6.07, 6.45) is 0. The highest BCUT2D eigenvalue weighted by atomic mass is 16.5. The van der Waals surface area contributed by atoms with E-state index in [0.29, 0.717) is 6.61 Å². The van der Waals surface area contributed by atoms with E-state index in [-0.39, 0.29) is 0 Å². The van der Waals surface area contributed by atoms with Crippen molar-refractivity contribution in [3.8, 4) is 22.6 Å². The number of methoxy groups -OCH3 is 1. The van der Waals surface area contributed by atoms with Gasteiger partial charge in [-0.05, 0) is 41.5 Å². The molecule has 0 aliphatic carbocycles. The molecule has 0 saturated heterocycles. The maximum absolute atomic E-state index is 5.91. The fraction of sp³-hybridized carbons (Fsp3) is 0.0833. The minimum atomic E-state index is 0.571. The fourth-order valence-electron chi connectivity index (χ4n) is 3.66. The number of aromatic nitrogens is 1. The summed E-state index contributed by atoms with van der Waals surface area (Å²) < 4.78 is 13.8. The summed E-state index contributed by atoms with van der Waals surface area (Å²) in [4.78, 5) is 0. The third kappa shape index (κ3) is 2.68. The van der Waals surface area contributed by atoms with Crippen LogP contribution in [0.15, 0.2) is 84.9 Å². The molecular formula is C24H19NO2. The predicted octanol–water partition coefficient (Wildman–Crippen LogP) is 5.78. The van der Waals surface area contributed by atoms with Crippen LogP contribution in [0.25, 0.3) is 27.7 Å². The maximum atomic E-state index is 5.91. The SMILES string of the molecule is COc1cc2cccc3cc(-c4ccc(OCc5ccccc5)cc4)c1n23. The first-order valence-electron chi connectivity index (χ1n) is 9.01. The smallest absolute Gasteiger partial charge is 0.145 e. The number of benzene rings is 2. The second-order valence-electron chi connectivity index (χ2n) is 6.63. The van der Waals surface area contributed by atoms with E-state index in [9.17, 15) is 0 Å². The van der Waals surface area contributed by atoms with Crippen molar-refractivity contribution in [1.29, 1.82) is 0 Å². The Hall–Kier alpha value is -3.46. The van der Waals surface area contributed by atoms with Gasteiger partial charge in [-0.2, -0.15) is 0 Å². The number of rotatable bonds is 5. The summed E-state index contributed by atoms with van der Waals surface area (Å²) in [5, 5.41) is 0. The van der Waals surface area contributed by atoms with Crippen molar-refractivity contribution in [2.75, 3.05) is 7.11 Å². The minimum Gasteiger partial charge on any atom is -0.494 e. The molecule has 3 heterocycles. The highest BCUT2D eigenvalue weighted by molar-refractivity contribution is 5.95. The van der Waals surface area contributed by atoms with E-state index in [1.54, 1.807) is 7.11 Å². The van der Waals surface area contributed by atoms with Crippen LogP contribution in [0.2, 0.25) is 0 Å². The molecule has 0 N–H and O–H groups in total. The normalized spacial score (nSPS) is 11.3. The molecule has 0 atom stereocenters. The van der Waals surface area contributed by atoms with Crippen molar-refractivity contribution < 1.29 is 9.47 Å². The van der Waals surface area contributed by atoms with Crippen LogP contribution in [0.5, 0.6) is 11.5 Å². The molecule has 0 aliphatic rings. The summed E-state index contributed by atoms with van der Waals surface area (Å²) in [6, 6.07) is 29.1. The van der Waals surface area contributed by atoms with Gasteiger partial charge in [0.15, 0.2) is 0 Å². The highest BCUT2D eigenvalue weighted by Gasteiger charge is 2.16. The van der Waals surface area contributed by atoms with Crippen LogP contribution in [-0.4, -0.2) is 11.5 Å². The van der Waals surface area contributed by atoms with Gasteiger partial charge in [0.25, 0.3) is 0 Å². The van der Waals surface area contributed by atoms with Crippen molar-refractivity contribution in [3.63, 3.8) is 0 Å². The lowest BCUT2D eigenvalue weighted by Gasteiger charge is -2.07. The summed E-state index contributed by atoms with van der Waals surface area (Å²) in [5.41, 5.74) is 6.91.